The fraction of sp³-hybridized carbons (Fsp3) is 0.500. The Morgan fingerprint density at radius 1 is 1.12 bits per heavy atom. The Bertz CT molecular complexity index is 1660. The average Bonchev–Trinajstić information content (AvgIpc) is 3.72. The predicted octanol–water partition coefficient (Wildman–Crippen LogP) is 0.958. The number of hydrogen-bond donors (Lipinski definition) is 7. The van der Waals surface area contributed by atoms with Gasteiger partial charge in [-0.15, -0.1) is 5.10 Å². The number of benzene rings is 2. The van der Waals surface area contributed by atoms with E-state index in [9.17, 15) is 35.1 Å². The van der Waals surface area contributed by atoms with E-state index in [4.69, 9.17) is 9.47 Å². The van der Waals surface area contributed by atoms with Gasteiger partial charge in [-0.05, 0) is 43.3 Å². The van der Waals surface area contributed by atoms with Crippen LogP contribution in [0, 0.1) is 5.92 Å². The number of nitrogens with one attached hydrogen (secondary N) is 2. The van der Waals surface area contributed by atoms with E-state index < -0.39 is 74.1 Å². The van der Waals surface area contributed by atoms with Crippen LogP contribution in [0.5, 0.6) is 0 Å². The zero-order chi connectivity index (χ0) is 34.5. The SMILES string of the molecule is C[C@H]1[C@H]([Si](C)(C)F)[C@@H](CCn2cc(C(CO)c3ccccc3)nn2)O[C@]12C(=O)Nc1ccc(NC(=O)[C@H]3O[C@@H](O)[C@H](O)[C@@H](O)[C@@H]3O)cc12. The van der Waals surface area contributed by atoms with Crippen molar-refractivity contribution in [1.82, 2.24) is 15.0 Å². The third-order valence-corrected chi connectivity index (χ3v) is 12.2. The van der Waals surface area contributed by atoms with Crippen LogP contribution >= 0.6 is 0 Å². The highest BCUT2D eigenvalue weighted by Gasteiger charge is 2.65. The first-order valence-corrected chi connectivity index (χ1v) is 18.8. The maximum Gasteiger partial charge on any atom is 0.261 e. The molecular formula is C32H40FN5O9Si. The number of carbonyl (C=O) groups is 2. The van der Waals surface area contributed by atoms with E-state index in [1.165, 1.54) is 12.1 Å². The van der Waals surface area contributed by atoms with Crippen molar-refractivity contribution in [3.63, 3.8) is 0 Å². The fourth-order valence-electron chi connectivity index (χ4n) is 7.40. The Balaban J connectivity index is 1.23. The van der Waals surface area contributed by atoms with E-state index in [2.05, 4.69) is 20.9 Å². The van der Waals surface area contributed by atoms with Crippen LogP contribution < -0.4 is 10.6 Å². The average molecular weight is 686 g/mol. The van der Waals surface area contributed by atoms with Crippen molar-refractivity contribution in [2.24, 2.45) is 5.92 Å². The summed E-state index contributed by atoms with van der Waals surface area (Å²) >= 11 is 0. The standard InChI is InChI=1S/C32H40FN5O9Si/c1-16-28(48(2,3)33)23(11-12-38-14-22(36-37-38)19(15-39)17-7-5-4-6-8-17)47-32(16)20-13-18(9-10-21(20)35-31(32)45)34-29(43)27-25(41)24(40)26(42)30(44)46-27/h4-10,13-14,16,19,23-28,30,39-42,44H,11-12,15H2,1-3H3,(H,34,43)(H,35,45)/t16-,19?,23+,24-,25-,26+,27-,28-,30+,32+/m0/s1. The molecule has 7 N–H and O–H groups in total. The minimum absolute atomic E-state index is 0.156. The van der Waals surface area contributed by atoms with E-state index >= 15 is 4.11 Å². The Labute approximate surface area is 276 Å². The number of anilines is 2. The van der Waals surface area contributed by atoms with Crippen LogP contribution in [0.15, 0.2) is 54.7 Å². The van der Waals surface area contributed by atoms with Gasteiger partial charge >= 0.3 is 0 Å². The number of aliphatic hydroxyl groups excluding tert-OH is 5. The quantitative estimate of drug-likeness (QED) is 0.125. The highest BCUT2D eigenvalue weighted by molar-refractivity contribution is 6.72. The number of aliphatic hydroxyl groups is 5. The molecule has 3 aliphatic heterocycles. The first kappa shape index (κ1) is 34.3. The third-order valence-electron chi connectivity index (χ3n) is 9.77. The summed E-state index contributed by atoms with van der Waals surface area (Å²) in [6.45, 7) is 5.12. The van der Waals surface area contributed by atoms with Crippen LogP contribution in [0.2, 0.25) is 18.6 Å². The molecule has 1 unspecified atom stereocenters. The van der Waals surface area contributed by atoms with E-state index in [1.54, 1.807) is 37.0 Å². The number of aromatic nitrogens is 3. The van der Waals surface area contributed by atoms with Crippen LogP contribution in [-0.4, -0.2) is 104 Å². The lowest BCUT2D eigenvalue weighted by Crippen LogP contribution is -2.60. The lowest BCUT2D eigenvalue weighted by Gasteiger charge is -2.37. The number of fused-ring (bicyclic) bond motifs is 2. The van der Waals surface area contributed by atoms with E-state index in [1.807, 2.05) is 30.3 Å². The van der Waals surface area contributed by atoms with Gasteiger partial charge in [0.15, 0.2) is 18.0 Å². The first-order valence-electron chi connectivity index (χ1n) is 15.8. The molecule has 0 bridgehead atoms. The van der Waals surface area contributed by atoms with Gasteiger partial charge in [0.1, 0.15) is 18.3 Å². The molecule has 16 heteroatoms. The fourth-order valence-corrected chi connectivity index (χ4v) is 9.94. The van der Waals surface area contributed by atoms with Gasteiger partial charge in [0, 0.05) is 41.1 Å². The lowest BCUT2D eigenvalue weighted by molar-refractivity contribution is -0.274. The van der Waals surface area contributed by atoms with Gasteiger partial charge in [-0.3, -0.25) is 14.3 Å². The largest absolute Gasteiger partial charge is 0.395 e. The van der Waals surface area contributed by atoms with Crippen molar-refractivity contribution in [3.05, 3.63) is 71.5 Å². The van der Waals surface area contributed by atoms with E-state index in [0.29, 0.717) is 29.9 Å². The molecule has 48 heavy (non-hydrogen) atoms. The summed E-state index contributed by atoms with van der Waals surface area (Å²) < 4.78 is 29.4. The number of ether oxygens (including phenoxy) is 2. The second-order valence-electron chi connectivity index (χ2n) is 13.2. The monoisotopic (exact) mass is 685 g/mol. The minimum Gasteiger partial charge on any atom is -0.395 e. The van der Waals surface area contributed by atoms with Crippen LogP contribution in [0.4, 0.5) is 15.5 Å². The number of amides is 2. The summed E-state index contributed by atoms with van der Waals surface area (Å²) in [5.74, 6) is -2.32. The molecule has 2 aromatic carbocycles. The molecule has 14 nitrogen and oxygen atoms in total. The van der Waals surface area contributed by atoms with Crippen molar-refractivity contribution < 1.29 is 48.7 Å². The summed E-state index contributed by atoms with van der Waals surface area (Å²) in [7, 11) is -3.45. The number of rotatable bonds is 9. The molecule has 4 heterocycles. The van der Waals surface area contributed by atoms with Gasteiger partial charge in [0.2, 0.25) is 8.41 Å². The van der Waals surface area contributed by atoms with E-state index in [-0.39, 0.29) is 18.2 Å². The second-order valence-corrected chi connectivity index (χ2v) is 17.0. The Morgan fingerprint density at radius 2 is 1.85 bits per heavy atom. The zero-order valence-corrected chi connectivity index (χ0v) is 27.6. The summed E-state index contributed by atoms with van der Waals surface area (Å²) in [6.07, 6.45) is -7.66. The molecule has 0 radical (unpaired) electrons. The molecule has 0 aliphatic carbocycles. The van der Waals surface area contributed by atoms with Crippen molar-refractivity contribution in [3.8, 4) is 0 Å². The van der Waals surface area contributed by atoms with Gasteiger partial charge in [-0.2, -0.15) is 0 Å². The van der Waals surface area contributed by atoms with Gasteiger partial charge in [0.05, 0.1) is 24.3 Å². The normalized spacial score (nSPS) is 32.2. The van der Waals surface area contributed by atoms with Gasteiger partial charge in [0.25, 0.3) is 11.8 Å². The molecule has 0 saturated carbocycles. The van der Waals surface area contributed by atoms with Crippen molar-refractivity contribution in [2.75, 3.05) is 17.2 Å². The van der Waals surface area contributed by atoms with E-state index in [0.717, 1.165) is 5.56 Å². The summed E-state index contributed by atoms with van der Waals surface area (Å²) in [4.78, 5) is 26.7. The highest BCUT2D eigenvalue weighted by atomic mass is 28.4. The van der Waals surface area contributed by atoms with Crippen LogP contribution in [0.25, 0.3) is 0 Å². The van der Waals surface area contributed by atoms with Crippen molar-refractivity contribution in [1.29, 1.82) is 0 Å². The minimum atomic E-state index is -3.45. The first-order chi connectivity index (χ1) is 22.8. The molecule has 2 fully saturated rings. The van der Waals surface area contributed by atoms with Gasteiger partial charge in [-0.25, -0.2) is 0 Å². The molecule has 3 aromatic rings. The summed E-state index contributed by atoms with van der Waals surface area (Å²) in [5, 5.41) is 63.9. The maximum atomic E-state index is 16.1. The molecule has 1 aromatic heterocycles. The number of carbonyl (C=O) groups excluding carboxylic acids is 2. The Kier molecular flexibility index (Phi) is 9.29. The summed E-state index contributed by atoms with van der Waals surface area (Å²) in [6, 6.07) is 14.1. The van der Waals surface area contributed by atoms with Crippen molar-refractivity contribution >= 4 is 31.6 Å². The number of nitrogens with zero attached hydrogens (tertiary/aromatic N) is 3. The smallest absolute Gasteiger partial charge is 0.261 e. The number of hydrogen-bond acceptors (Lipinski definition) is 11. The maximum absolute atomic E-state index is 16.1. The van der Waals surface area contributed by atoms with Crippen LogP contribution in [0.1, 0.15) is 36.1 Å². The molecule has 3 aliphatic rings. The van der Waals surface area contributed by atoms with Crippen molar-refractivity contribution in [2.45, 2.75) is 86.9 Å². The molecule has 10 atom stereocenters. The third kappa shape index (κ3) is 5.96. The molecule has 6 rings (SSSR count). The molecular weight excluding hydrogens is 645 g/mol. The molecule has 2 amide bonds. The van der Waals surface area contributed by atoms with Crippen LogP contribution in [-0.2, 0) is 31.2 Å². The lowest BCUT2D eigenvalue weighted by atomic mass is 9.82. The predicted molar refractivity (Wildman–Crippen MR) is 171 cm³/mol. The second kappa shape index (κ2) is 13.0. The topological polar surface area (TPSA) is 209 Å². The summed E-state index contributed by atoms with van der Waals surface area (Å²) in [5.41, 5.74) is 0.350. The zero-order valence-electron chi connectivity index (χ0n) is 26.6. The number of aryl methyl sites for hydroxylation is 1. The molecule has 2 saturated heterocycles. The molecule has 258 valence electrons. The Hall–Kier alpha value is -3.61. The van der Waals surface area contributed by atoms with Crippen LogP contribution in [0.3, 0.4) is 0 Å². The molecule has 1 spiro atoms. The highest BCUT2D eigenvalue weighted by Crippen LogP contribution is 2.59. The Morgan fingerprint density at radius 3 is 2.54 bits per heavy atom. The van der Waals surface area contributed by atoms with Gasteiger partial charge < -0.3 is 49.7 Å². The number of halogens is 1. The van der Waals surface area contributed by atoms with Gasteiger partial charge in [-0.1, -0.05) is 42.5 Å².